The number of benzene rings is 3. The molecule has 1 aliphatic heterocycles. The number of para-hydroxylation sites is 1. The third-order valence-electron chi connectivity index (χ3n) is 7.13. The Morgan fingerprint density at radius 2 is 1.74 bits per heavy atom. The molecule has 8 nitrogen and oxygen atoms in total. The molecule has 2 heterocycles. The van der Waals surface area contributed by atoms with Crippen molar-refractivity contribution in [3.63, 3.8) is 0 Å². The number of thioether (sulfide) groups is 1. The number of aromatic nitrogens is 3. The maximum Gasteiger partial charge on any atom is 0.573 e. The molecule has 2 atom stereocenters. The highest BCUT2D eigenvalue weighted by molar-refractivity contribution is 8.14. The molecule has 2 amide bonds. The third-order valence-corrected chi connectivity index (χ3v) is 8.11. The molecule has 0 aliphatic carbocycles. The fourth-order valence-corrected chi connectivity index (χ4v) is 6.12. The number of carbonyl (C=O) groups is 1. The monoisotopic (exact) mass is 608 g/mol. The summed E-state index contributed by atoms with van der Waals surface area (Å²) in [5, 5.41) is 8.12. The standard InChI is InChI=1S/C31H31F3N6O2S/c1-19-6-5-7-20(2)27(19)40-21(3)16-17-43-30(40)37-29(41)36-22(4)23-8-10-24(11-9-23)28-35-18-39(38-28)25-12-14-26(15-13-25)42-31(32,33)34/h5-15,18,21-22H,16-17H2,1-4H3,(H,36,41). The Morgan fingerprint density at radius 3 is 2.40 bits per heavy atom. The second kappa shape index (κ2) is 12.5. The summed E-state index contributed by atoms with van der Waals surface area (Å²) in [6.45, 7) is 8.20. The molecule has 1 N–H and O–H groups in total. The molecule has 5 rings (SSSR count). The molecule has 1 aromatic heterocycles. The van der Waals surface area contributed by atoms with E-state index in [0.29, 0.717) is 16.7 Å². The molecule has 1 fully saturated rings. The molecule has 0 radical (unpaired) electrons. The minimum atomic E-state index is -4.75. The number of amidine groups is 1. The normalized spacial score (nSPS) is 17.1. The number of urea groups is 1. The lowest BCUT2D eigenvalue weighted by Crippen LogP contribution is -2.43. The van der Waals surface area contributed by atoms with Crippen LogP contribution in [-0.4, -0.2) is 44.1 Å². The van der Waals surface area contributed by atoms with Gasteiger partial charge >= 0.3 is 12.4 Å². The summed E-state index contributed by atoms with van der Waals surface area (Å²) in [4.78, 5) is 24.0. The lowest BCUT2D eigenvalue weighted by molar-refractivity contribution is -0.274. The number of nitrogens with one attached hydrogen (secondary N) is 1. The summed E-state index contributed by atoms with van der Waals surface area (Å²) in [5.41, 5.74) is 5.54. The van der Waals surface area contributed by atoms with E-state index in [0.717, 1.165) is 40.1 Å². The summed E-state index contributed by atoms with van der Waals surface area (Å²) in [5.74, 6) is 1.03. The van der Waals surface area contributed by atoms with Gasteiger partial charge in [-0.05, 0) is 75.1 Å². The number of hydrogen-bond acceptors (Lipinski definition) is 5. The van der Waals surface area contributed by atoms with Gasteiger partial charge in [0.1, 0.15) is 12.1 Å². The number of aliphatic imine (C=N–C) groups is 1. The average Bonchev–Trinajstić information content (AvgIpc) is 3.44. The Hall–Kier alpha value is -4.32. The van der Waals surface area contributed by atoms with Crippen molar-refractivity contribution < 1.29 is 22.7 Å². The molecule has 224 valence electrons. The van der Waals surface area contributed by atoms with Crippen molar-refractivity contribution in [2.24, 2.45) is 4.99 Å². The first-order valence-corrected chi connectivity index (χ1v) is 14.7. The van der Waals surface area contributed by atoms with Crippen molar-refractivity contribution in [1.82, 2.24) is 20.1 Å². The number of amides is 2. The number of rotatable bonds is 6. The molecule has 12 heteroatoms. The molecule has 1 saturated heterocycles. The lowest BCUT2D eigenvalue weighted by atomic mass is 10.1. The van der Waals surface area contributed by atoms with Crippen LogP contribution in [0.3, 0.4) is 0 Å². The quantitative estimate of drug-likeness (QED) is 0.243. The predicted molar refractivity (Wildman–Crippen MR) is 163 cm³/mol. The zero-order valence-corrected chi connectivity index (χ0v) is 24.9. The third kappa shape index (κ3) is 7.19. The van der Waals surface area contributed by atoms with Crippen LogP contribution < -0.4 is 15.0 Å². The number of ether oxygens (including phenoxy) is 1. The van der Waals surface area contributed by atoms with Gasteiger partial charge in [0.15, 0.2) is 11.0 Å². The summed E-state index contributed by atoms with van der Waals surface area (Å²) in [6, 6.07) is 18.5. The summed E-state index contributed by atoms with van der Waals surface area (Å²) < 4.78 is 42.6. The van der Waals surface area contributed by atoms with Gasteiger partial charge in [0.05, 0.1) is 11.7 Å². The van der Waals surface area contributed by atoms with E-state index in [1.54, 1.807) is 11.8 Å². The van der Waals surface area contributed by atoms with Crippen LogP contribution in [0, 0.1) is 13.8 Å². The van der Waals surface area contributed by atoms with Crippen LogP contribution in [0.2, 0.25) is 0 Å². The molecule has 43 heavy (non-hydrogen) atoms. The maximum absolute atomic E-state index is 13.0. The SMILES string of the molecule is Cc1cccc(C)c1N1C(=NC(=O)NC(C)c2ccc(-c3ncn(-c4ccc(OC(F)(F)F)cc4)n3)cc2)SCCC1C. The molecule has 2 unspecified atom stereocenters. The first-order chi connectivity index (χ1) is 20.5. The Balaban J connectivity index is 1.25. The van der Waals surface area contributed by atoms with Crippen LogP contribution in [0.5, 0.6) is 5.75 Å². The van der Waals surface area contributed by atoms with Crippen molar-refractivity contribution >= 4 is 28.6 Å². The fourth-order valence-electron chi connectivity index (χ4n) is 4.92. The summed E-state index contributed by atoms with van der Waals surface area (Å²) in [7, 11) is 0. The highest BCUT2D eigenvalue weighted by Gasteiger charge is 2.31. The van der Waals surface area contributed by atoms with Crippen LogP contribution in [-0.2, 0) is 0 Å². The molecule has 0 spiro atoms. The molecule has 3 aromatic carbocycles. The van der Waals surface area contributed by atoms with E-state index in [1.807, 2.05) is 37.3 Å². The summed E-state index contributed by atoms with van der Waals surface area (Å²) >= 11 is 1.59. The topological polar surface area (TPSA) is 84.6 Å². The van der Waals surface area contributed by atoms with E-state index in [2.05, 4.69) is 62.9 Å². The number of aryl methyl sites for hydroxylation is 2. The number of anilines is 1. The Bertz CT molecular complexity index is 1600. The van der Waals surface area contributed by atoms with Crippen molar-refractivity contribution in [3.05, 3.63) is 89.7 Å². The van der Waals surface area contributed by atoms with E-state index in [4.69, 9.17) is 0 Å². The van der Waals surface area contributed by atoms with E-state index in [9.17, 15) is 18.0 Å². The number of nitrogens with zero attached hydrogens (tertiary/aromatic N) is 5. The Kier molecular flexibility index (Phi) is 8.77. The van der Waals surface area contributed by atoms with Gasteiger partial charge < -0.3 is 15.0 Å². The Morgan fingerprint density at radius 1 is 1.07 bits per heavy atom. The van der Waals surface area contributed by atoms with Gasteiger partial charge in [0.2, 0.25) is 0 Å². The number of hydrogen-bond donors (Lipinski definition) is 1. The number of carbonyl (C=O) groups excluding carboxylic acids is 1. The molecular weight excluding hydrogens is 577 g/mol. The van der Waals surface area contributed by atoms with Gasteiger partial charge in [-0.25, -0.2) is 14.5 Å². The molecule has 1 aliphatic rings. The van der Waals surface area contributed by atoms with Gasteiger partial charge in [-0.15, -0.1) is 18.3 Å². The number of alkyl halides is 3. The van der Waals surface area contributed by atoms with Crippen molar-refractivity contribution in [2.45, 2.75) is 52.6 Å². The Labute approximate surface area is 252 Å². The van der Waals surface area contributed by atoms with Crippen LogP contribution in [0.4, 0.5) is 23.7 Å². The zero-order valence-electron chi connectivity index (χ0n) is 24.1. The van der Waals surface area contributed by atoms with E-state index in [-0.39, 0.29) is 17.8 Å². The van der Waals surface area contributed by atoms with Crippen molar-refractivity contribution in [1.29, 1.82) is 0 Å². The van der Waals surface area contributed by atoms with Gasteiger partial charge in [0, 0.05) is 23.0 Å². The van der Waals surface area contributed by atoms with Gasteiger partial charge in [0.25, 0.3) is 0 Å². The molecule has 0 saturated carbocycles. The first kappa shape index (κ1) is 30.1. The fraction of sp³-hybridized carbons (Fsp3) is 0.290. The van der Waals surface area contributed by atoms with Crippen molar-refractivity contribution in [2.75, 3.05) is 10.7 Å². The summed E-state index contributed by atoms with van der Waals surface area (Å²) in [6.07, 6.45) is -2.27. The van der Waals surface area contributed by atoms with Gasteiger partial charge in [-0.2, -0.15) is 4.99 Å². The maximum atomic E-state index is 13.0. The van der Waals surface area contributed by atoms with Crippen molar-refractivity contribution in [3.8, 4) is 22.8 Å². The van der Waals surface area contributed by atoms with Crippen LogP contribution in [0.25, 0.3) is 17.1 Å². The number of halogens is 3. The van der Waals surface area contributed by atoms with E-state index in [1.165, 1.54) is 35.3 Å². The smallest absolute Gasteiger partial charge is 0.406 e. The molecule has 4 aromatic rings. The van der Waals surface area contributed by atoms with Gasteiger partial charge in [-0.3, -0.25) is 0 Å². The van der Waals surface area contributed by atoms with Crippen LogP contribution in [0.15, 0.2) is 78.0 Å². The predicted octanol–water partition coefficient (Wildman–Crippen LogP) is 7.61. The second-order valence-corrected chi connectivity index (χ2v) is 11.4. The van der Waals surface area contributed by atoms with Crippen LogP contribution in [0.1, 0.15) is 43.0 Å². The minimum Gasteiger partial charge on any atom is -0.406 e. The largest absolute Gasteiger partial charge is 0.573 e. The van der Waals surface area contributed by atoms with Crippen LogP contribution >= 0.6 is 11.8 Å². The second-order valence-electron chi connectivity index (χ2n) is 10.3. The first-order valence-electron chi connectivity index (χ1n) is 13.7. The lowest BCUT2D eigenvalue weighted by Gasteiger charge is -2.37. The van der Waals surface area contributed by atoms with E-state index < -0.39 is 12.4 Å². The van der Waals surface area contributed by atoms with Gasteiger partial charge in [-0.1, -0.05) is 54.2 Å². The molecule has 0 bridgehead atoms. The van der Waals surface area contributed by atoms with E-state index >= 15 is 0 Å². The highest BCUT2D eigenvalue weighted by atomic mass is 32.2. The minimum absolute atomic E-state index is 0.220. The average molecular weight is 609 g/mol. The molecular formula is C31H31F3N6O2S. The zero-order chi connectivity index (χ0) is 30.7. The highest BCUT2D eigenvalue weighted by Crippen LogP contribution is 2.34.